The first-order chi connectivity index (χ1) is 25.8. The number of hydrogen-bond acceptors (Lipinski definition) is 11. The number of nitrogens with zero attached hydrogens (tertiary/aromatic N) is 10. The molecule has 0 N–H and O–H groups in total. The van der Waals surface area contributed by atoms with Crippen LogP contribution < -0.4 is 0 Å². The molecule has 6 aromatic heterocycles. The summed E-state index contributed by atoms with van der Waals surface area (Å²) in [7, 11) is -3.66. The van der Waals surface area contributed by atoms with E-state index < -0.39 is 33.1 Å². The van der Waals surface area contributed by atoms with E-state index in [1.165, 1.54) is 48.4 Å². The van der Waals surface area contributed by atoms with Gasteiger partial charge in [-0.15, -0.1) is 0 Å². The van der Waals surface area contributed by atoms with Crippen LogP contribution in [0.5, 0.6) is 0 Å². The van der Waals surface area contributed by atoms with Gasteiger partial charge in [0.05, 0.1) is 34.2 Å². The zero-order chi connectivity index (χ0) is 38.3. The molecule has 0 atom stereocenters. The first kappa shape index (κ1) is 36.2. The third kappa shape index (κ3) is 6.88. The van der Waals surface area contributed by atoms with Crippen LogP contribution in [0.3, 0.4) is 0 Å². The van der Waals surface area contributed by atoms with Crippen LogP contribution in [-0.4, -0.2) is 69.6 Å². The van der Waals surface area contributed by atoms with Crippen LogP contribution >= 0.6 is 11.8 Å². The number of aromatic nitrogens is 10. The molecule has 8 rings (SSSR count). The van der Waals surface area contributed by atoms with Crippen LogP contribution in [0.2, 0.25) is 0 Å². The highest BCUT2D eigenvalue weighted by Crippen LogP contribution is 2.36. The molecule has 0 saturated carbocycles. The molecule has 54 heavy (non-hydrogen) atoms. The molecule has 0 radical (unpaired) electrons. The van der Waals surface area contributed by atoms with E-state index in [9.17, 15) is 26.0 Å². The maximum Gasteiger partial charge on any atom is 0.247 e. The summed E-state index contributed by atoms with van der Waals surface area (Å²) in [6.45, 7) is 3.56. The summed E-state index contributed by atoms with van der Waals surface area (Å²) in [5.41, 5.74) is 4.90. The minimum absolute atomic E-state index is 0.0546. The zero-order valence-electron chi connectivity index (χ0n) is 28.7. The molecule has 0 saturated heterocycles. The summed E-state index contributed by atoms with van der Waals surface area (Å²) in [6, 6.07) is 9.84. The Morgan fingerprint density at radius 1 is 0.611 bits per heavy atom. The molecular formula is C36H26F4N10O2S2. The minimum atomic E-state index is -3.66. The van der Waals surface area contributed by atoms with E-state index >= 15 is 0 Å². The van der Waals surface area contributed by atoms with E-state index in [-0.39, 0.29) is 27.7 Å². The van der Waals surface area contributed by atoms with E-state index in [2.05, 4.69) is 39.9 Å². The predicted octanol–water partition coefficient (Wildman–Crippen LogP) is 7.01. The predicted molar refractivity (Wildman–Crippen MR) is 193 cm³/mol. The Hall–Kier alpha value is -6.14. The van der Waals surface area contributed by atoms with Gasteiger partial charge >= 0.3 is 0 Å². The number of thioether (sulfide) groups is 1. The second kappa shape index (κ2) is 14.4. The van der Waals surface area contributed by atoms with E-state index in [0.717, 1.165) is 24.5 Å². The van der Waals surface area contributed by atoms with Crippen molar-refractivity contribution in [1.29, 1.82) is 0 Å². The monoisotopic (exact) mass is 770 g/mol. The summed E-state index contributed by atoms with van der Waals surface area (Å²) in [5.74, 6) is -2.83. The number of aryl methyl sites for hydroxylation is 2. The lowest BCUT2D eigenvalue weighted by Crippen LogP contribution is -2.05. The second-order valence-electron chi connectivity index (χ2n) is 11.7. The molecule has 0 bridgehead atoms. The highest BCUT2D eigenvalue weighted by molar-refractivity contribution is 7.98. The molecule has 2 aromatic carbocycles. The summed E-state index contributed by atoms with van der Waals surface area (Å²) in [6.07, 6.45) is 12.4. The smallest absolute Gasteiger partial charge is 0.247 e. The van der Waals surface area contributed by atoms with Crippen molar-refractivity contribution < 1.29 is 26.0 Å². The largest absolute Gasteiger partial charge is 0.295 e. The number of hydrogen-bond donors (Lipinski definition) is 0. The van der Waals surface area contributed by atoms with Gasteiger partial charge in [0, 0.05) is 66.7 Å². The van der Waals surface area contributed by atoms with Crippen molar-refractivity contribution in [3.8, 4) is 45.3 Å². The molecule has 8 aromatic rings. The molecule has 0 fully saturated rings. The van der Waals surface area contributed by atoms with Crippen LogP contribution in [0.25, 0.3) is 56.6 Å². The molecule has 0 unspecified atom stereocenters. The van der Waals surface area contributed by atoms with E-state index in [4.69, 9.17) is 0 Å². The number of benzene rings is 2. The van der Waals surface area contributed by atoms with Crippen molar-refractivity contribution in [2.75, 3.05) is 12.5 Å². The van der Waals surface area contributed by atoms with Gasteiger partial charge in [0.15, 0.2) is 16.5 Å². The van der Waals surface area contributed by atoms with E-state index in [1.54, 1.807) is 42.2 Å². The molecular weight excluding hydrogens is 745 g/mol. The van der Waals surface area contributed by atoms with Crippen LogP contribution in [0.1, 0.15) is 11.4 Å². The van der Waals surface area contributed by atoms with Gasteiger partial charge in [-0.3, -0.25) is 18.8 Å². The van der Waals surface area contributed by atoms with Gasteiger partial charge < -0.3 is 0 Å². The highest BCUT2D eigenvalue weighted by Gasteiger charge is 2.24. The molecule has 0 aliphatic heterocycles. The molecule has 0 amide bonds. The molecule has 6 heterocycles. The summed E-state index contributed by atoms with van der Waals surface area (Å²) in [4.78, 5) is 34.1. The van der Waals surface area contributed by atoms with Gasteiger partial charge in [-0.05, 0) is 56.5 Å². The number of fused-ring (bicyclic) bond motifs is 2. The zero-order valence-corrected chi connectivity index (χ0v) is 30.3. The topological polar surface area (TPSA) is 146 Å². The van der Waals surface area contributed by atoms with Gasteiger partial charge in [0.2, 0.25) is 15.0 Å². The fourth-order valence-electron chi connectivity index (χ4n) is 5.66. The van der Waals surface area contributed by atoms with Gasteiger partial charge in [0.1, 0.15) is 34.7 Å². The Morgan fingerprint density at radius 3 is 1.56 bits per heavy atom. The van der Waals surface area contributed by atoms with Crippen LogP contribution in [0.4, 0.5) is 17.6 Å². The molecule has 12 nitrogen and oxygen atoms in total. The lowest BCUT2D eigenvalue weighted by Gasteiger charge is -2.07. The SMILES string of the molecule is CSc1nccc(-c2c(-c3ccc(F)cc3F)nc3c(C)nccn23)n1.Cc1nccn2c(-c3ccnc(S(C)(=O)=O)n3)c(-c3ccc(F)cc3F)nc12. The van der Waals surface area contributed by atoms with Crippen molar-refractivity contribution in [3.63, 3.8) is 0 Å². The Balaban J connectivity index is 0.000000167. The Kier molecular flexibility index (Phi) is 9.63. The number of halogens is 4. The summed E-state index contributed by atoms with van der Waals surface area (Å²) < 4.78 is 82.9. The quantitative estimate of drug-likeness (QED) is 0.0978. The normalized spacial score (nSPS) is 11.6. The van der Waals surface area contributed by atoms with E-state index in [1.807, 2.05) is 17.6 Å². The van der Waals surface area contributed by atoms with Gasteiger partial charge in [-0.25, -0.2) is 55.9 Å². The standard InChI is InChI=1S/C18H13F2N5O2S.C18H13F2N5S/c1-10-17-24-15(12-4-3-11(19)9-13(12)20)16(25(17)8-7-21-10)14-5-6-22-18(23-14)28(2,26)27;1-10-17-24-15(12-4-3-11(19)9-13(12)20)16(25(17)8-7-21-10)14-5-6-22-18(23-14)26-2/h3-9H,1-2H3;3-9H,1-2H3. The molecule has 0 aliphatic rings. The van der Waals surface area contributed by atoms with Gasteiger partial charge in [0.25, 0.3) is 0 Å². The molecule has 0 aliphatic carbocycles. The summed E-state index contributed by atoms with van der Waals surface area (Å²) >= 11 is 1.41. The summed E-state index contributed by atoms with van der Waals surface area (Å²) in [5, 5.41) is 0.227. The maximum absolute atomic E-state index is 14.5. The van der Waals surface area contributed by atoms with Crippen molar-refractivity contribution in [3.05, 3.63) is 120 Å². The Morgan fingerprint density at radius 2 is 1.09 bits per heavy atom. The molecule has 0 spiro atoms. The third-order valence-electron chi connectivity index (χ3n) is 8.08. The lowest BCUT2D eigenvalue weighted by molar-refractivity contribution is 0.584. The first-order valence-corrected chi connectivity index (χ1v) is 18.9. The van der Waals surface area contributed by atoms with Crippen LogP contribution in [-0.2, 0) is 9.84 Å². The fraction of sp³-hybridized carbons (Fsp3) is 0.111. The Bertz CT molecular complexity index is 2850. The Labute approximate surface area is 309 Å². The third-order valence-corrected chi connectivity index (χ3v) is 9.50. The first-order valence-electron chi connectivity index (χ1n) is 15.8. The van der Waals surface area contributed by atoms with E-state index in [0.29, 0.717) is 50.6 Å². The fourth-order valence-corrected chi connectivity index (χ4v) is 6.53. The molecule has 272 valence electrons. The minimum Gasteiger partial charge on any atom is -0.295 e. The number of rotatable bonds is 6. The number of sulfone groups is 1. The van der Waals surface area contributed by atoms with Crippen molar-refractivity contribution in [1.82, 2.24) is 48.7 Å². The molecule has 18 heteroatoms. The van der Waals surface area contributed by atoms with Crippen molar-refractivity contribution in [2.24, 2.45) is 0 Å². The average Bonchev–Trinajstić information content (AvgIpc) is 3.72. The second-order valence-corrected chi connectivity index (χ2v) is 14.4. The maximum atomic E-state index is 14.5. The highest BCUT2D eigenvalue weighted by atomic mass is 32.2. The average molecular weight is 771 g/mol. The van der Waals surface area contributed by atoms with Gasteiger partial charge in [-0.2, -0.15) is 0 Å². The van der Waals surface area contributed by atoms with Crippen molar-refractivity contribution in [2.45, 2.75) is 24.2 Å². The van der Waals surface area contributed by atoms with Crippen LogP contribution in [0.15, 0.2) is 96.0 Å². The van der Waals surface area contributed by atoms with Gasteiger partial charge in [-0.1, -0.05) is 11.8 Å². The lowest BCUT2D eigenvalue weighted by atomic mass is 10.1. The number of imidazole rings is 2. The van der Waals surface area contributed by atoms with Crippen LogP contribution in [0, 0.1) is 37.1 Å². The van der Waals surface area contributed by atoms with Crippen molar-refractivity contribution >= 4 is 32.9 Å².